The maximum absolute atomic E-state index is 11.5. The number of esters is 1. The lowest BCUT2D eigenvalue weighted by molar-refractivity contribution is 0.0594. The van der Waals surface area contributed by atoms with Crippen molar-refractivity contribution in [3.05, 3.63) is 30.2 Å². The fraction of sp³-hybridized carbons (Fsp3) is 0.417. The molecule has 0 aliphatic heterocycles. The smallest absolute Gasteiger partial charge is 0.360 e. The molecule has 18 heavy (non-hydrogen) atoms. The molecule has 6 heteroatoms. The molecule has 1 aromatic heterocycles. The highest BCUT2D eigenvalue weighted by Crippen LogP contribution is 2.21. The quantitative estimate of drug-likeness (QED) is 0.601. The van der Waals surface area contributed by atoms with Crippen molar-refractivity contribution in [3.8, 4) is 0 Å². The molecule has 0 unspecified atom stereocenters. The van der Waals surface area contributed by atoms with Crippen molar-refractivity contribution in [2.24, 2.45) is 5.92 Å². The standard InChI is InChI=1S/C12H15N3O3/c1-18-12(17)10-11(14-5-4-13-10)15-9-3-2-8(6-9)7-16/h2-5,8-9,16H,6-7H2,1H3,(H,14,15)/t8-,9+/m0/s1. The van der Waals surface area contributed by atoms with E-state index in [1.165, 1.54) is 19.5 Å². The SMILES string of the molecule is COC(=O)c1nccnc1N[C@@H]1C=C[C@H](CO)C1. The molecular formula is C12H15N3O3. The van der Waals surface area contributed by atoms with Crippen LogP contribution in [0.5, 0.6) is 0 Å². The van der Waals surface area contributed by atoms with Gasteiger partial charge in [-0.25, -0.2) is 14.8 Å². The predicted molar refractivity (Wildman–Crippen MR) is 65.1 cm³/mol. The molecule has 0 aromatic carbocycles. The number of rotatable bonds is 4. The first-order valence-corrected chi connectivity index (χ1v) is 5.69. The number of methoxy groups -OCH3 is 1. The third-order valence-electron chi connectivity index (χ3n) is 2.81. The molecule has 1 aromatic rings. The Morgan fingerprint density at radius 2 is 2.28 bits per heavy atom. The fourth-order valence-electron chi connectivity index (χ4n) is 1.88. The number of aliphatic hydroxyl groups is 1. The van der Waals surface area contributed by atoms with Gasteiger partial charge in [0.25, 0.3) is 0 Å². The van der Waals surface area contributed by atoms with Crippen LogP contribution in [0, 0.1) is 5.92 Å². The van der Waals surface area contributed by atoms with E-state index in [2.05, 4.69) is 20.0 Å². The van der Waals surface area contributed by atoms with Gasteiger partial charge in [-0.05, 0) is 6.42 Å². The van der Waals surface area contributed by atoms with Gasteiger partial charge in [0.15, 0.2) is 11.5 Å². The number of nitrogens with one attached hydrogen (secondary N) is 1. The third-order valence-corrected chi connectivity index (χ3v) is 2.81. The summed E-state index contributed by atoms with van der Waals surface area (Å²) in [6.45, 7) is 0.124. The molecule has 2 atom stereocenters. The highest BCUT2D eigenvalue weighted by Gasteiger charge is 2.21. The van der Waals surface area contributed by atoms with Crippen molar-refractivity contribution in [1.29, 1.82) is 0 Å². The number of hydrogen-bond acceptors (Lipinski definition) is 6. The Bertz CT molecular complexity index is 462. The normalized spacial score (nSPS) is 21.9. The summed E-state index contributed by atoms with van der Waals surface area (Å²) in [6.07, 6.45) is 7.63. The highest BCUT2D eigenvalue weighted by atomic mass is 16.5. The van der Waals surface area contributed by atoms with E-state index >= 15 is 0 Å². The molecule has 1 aliphatic carbocycles. The van der Waals surface area contributed by atoms with Gasteiger partial charge in [0, 0.05) is 31.0 Å². The molecular weight excluding hydrogens is 234 g/mol. The largest absolute Gasteiger partial charge is 0.464 e. The number of ether oxygens (including phenoxy) is 1. The van der Waals surface area contributed by atoms with Crippen LogP contribution in [-0.2, 0) is 4.74 Å². The van der Waals surface area contributed by atoms with Crippen LogP contribution in [0.3, 0.4) is 0 Å². The lowest BCUT2D eigenvalue weighted by atomic mass is 10.1. The Morgan fingerprint density at radius 1 is 1.50 bits per heavy atom. The zero-order valence-electron chi connectivity index (χ0n) is 10.0. The van der Waals surface area contributed by atoms with Gasteiger partial charge in [-0.1, -0.05) is 12.2 Å². The molecule has 96 valence electrons. The summed E-state index contributed by atoms with van der Waals surface area (Å²) in [5, 5.41) is 12.2. The number of anilines is 1. The summed E-state index contributed by atoms with van der Waals surface area (Å²) in [5.41, 5.74) is 0.167. The Kier molecular flexibility index (Phi) is 3.88. The van der Waals surface area contributed by atoms with E-state index in [-0.39, 0.29) is 24.3 Å². The average molecular weight is 249 g/mol. The molecule has 0 saturated heterocycles. The monoisotopic (exact) mass is 249 g/mol. The highest BCUT2D eigenvalue weighted by molar-refractivity contribution is 5.92. The molecule has 1 aliphatic rings. The van der Waals surface area contributed by atoms with E-state index in [0.29, 0.717) is 5.82 Å². The molecule has 1 heterocycles. The number of nitrogens with zero attached hydrogens (tertiary/aromatic N) is 2. The van der Waals surface area contributed by atoms with Gasteiger partial charge in [-0.3, -0.25) is 0 Å². The van der Waals surface area contributed by atoms with Crippen molar-refractivity contribution in [3.63, 3.8) is 0 Å². The minimum atomic E-state index is -0.522. The molecule has 0 spiro atoms. The van der Waals surface area contributed by atoms with Gasteiger partial charge in [0.2, 0.25) is 0 Å². The first kappa shape index (κ1) is 12.5. The molecule has 0 fully saturated rings. The van der Waals surface area contributed by atoms with E-state index in [9.17, 15) is 4.79 Å². The van der Waals surface area contributed by atoms with Crippen LogP contribution in [0.1, 0.15) is 16.9 Å². The molecule has 2 N–H and O–H groups in total. The van der Waals surface area contributed by atoms with E-state index in [0.717, 1.165) is 6.42 Å². The van der Waals surface area contributed by atoms with Crippen molar-refractivity contribution in [1.82, 2.24) is 9.97 Å². The Hall–Kier alpha value is -1.95. The van der Waals surface area contributed by atoms with Crippen LogP contribution >= 0.6 is 0 Å². The van der Waals surface area contributed by atoms with Crippen LogP contribution in [0.15, 0.2) is 24.5 Å². The van der Waals surface area contributed by atoms with E-state index in [1.54, 1.807) is 0 Å². The maximum atomic E-state index is 11.5. The summed E-state index contributed by atoms with van der Waals surface area (Å²) in [4.78, 5) is 19.6. The summed E-state index contributed by atoms with van der Waals surface area (Å²) in [5.74, 6) is 0.0321. The van der Waals surface area contributed by atoms with Crippen molar-refractivity contribution in [2.75, 3.05) is 19.0 Å². The number of hydrogen-bond donors (Lipinski definition) is 2. The Balaban J connectivity index is 2.10. The Labute approximate surface area is 105 Å². The molecule has 0 radical (unpaired) electrons. The van der Waals surface area contributed by atoms with E-state index in [4.69, 9.17) is 5.11 Å². The minimum Gasteiger partial charge on any atom is -0.464 e. The van der Waals surface area contributed by atoms with Gasteiger partial charge < -0.3 is 15.2 Å². The van der Waals surface area contributed by atoms with Gasteiger partial charge in [-0.2, -0.15) is 0 Å². The summed E-state index contributed by atoms with van der Waals surface area (Å²) >= 11 is 0. The number of carbonyl (C=O) groups excluding carboxylic acids is 1. The van der Waals surface area contributed by atoms with Crippen LogP contribution in [-0.4, -0.2) is 40.8 Å². The average Bonchev–Trinajstić information content (AvgIpc) is 2.86. The summed E-state index contributed by atoms with van der Waals surface area (Å²) in [7, 11) is 1.30. The Morgan fingerprint density at radius 3 is 2.94 bits per heavy atom. The van der Waals surface area contributed by atoms with Gasteiger partial charge in [-0.15, -0.1) is 0 Å². The van der Waals surface area contributed by atoms with Crippen LogP contribution in [0.4, 0.5) is 5.82 Å². The van der Waals surface area contributed by atoms with Crippen molar-refractivity contribution < 1.29 is 14.6 Å². The summed E-state index contributed by atoms with van der Waals surface area (Å²) < 4.78 is 4.64. The molecule has 0 amide bonds. The number of aliphatic hydroxyl groups excluding tert-OH is 1. The topological polar surface area (TPSA) is 84.3 Å². The predicted octanol–water partition coefficient (Wildman–Crippen LogP) is 0.612. The number of carbonyl (C=O) groups is 1. The zero-order chi connectivity index (χ0) is 13.0. The second-order valence-electron chi connectivity index (χ2n) is 4.06. The van der Waals surface area contributed by atoms with Gasteiger partial charge in [0.05, 0.1) is 7.11 Å². The van der Waals surface area contributed by atoms with Crippen molar-refractivity contribution in [2.45, 2.75) is 12.5 Å². The first-order chi connectivity index (χ1) is 8.74. The number of aromatic nitrogens is 2. The van der Waals surface area contributed by atoms with E-state index < -0.39 is 5.97 Å². The second kappa shape index (κ2) is 5.59. The molecule has 2 rings (SSSR count). The molecule has 0 saturated carbocycles. The first-order valence-electron chi connectivity index (χ1n) is 5.69. The van der Waals surface area contributed by atoms with Crippen LogP contribution in [0.25, 0.3) is 0 Å². The van der Waals surface area contributed by atoms with Gasteiger partial charge >= 0.3 is 5.97 Å². The van der Waals surface area contributed by atoms with E-state index in [1.807, 2.05) is 12.2 Å². The zero-order valence-corrected chi connectivity index (χ0v) is 10.0. The second-order valence-corrected chi connectivity index (χ2v) is 4.06. The third kappa shape index (κ3) is 2.65. The van der Waals surface area contributed by atoms with Crippen LogP contribution in [0.2, 0.25) is 0 Å². The summed E-state index contributed by atoms with van der Waals surface area (Å²) in [6, 6.07) is 0.0438. The van der Waals surface area contributed by atoms with Gasteiger partial charge in [0.1, 0.15) is 0 Å². The minimum absolute atomic E-state index is 0.0438. The lowest BCUT2D eigenvalue weighted by Crippen LogP contribution is -2.20. The van der Waals surface area contributed by atoms with Crippen molar-refractivity contribution >= 4 is 11.8 Å². The fourth-order valence-corrected chi connectivity index (χ4v) is 1.88. The molecule has 0 bridgehead atoms. The van der Waals surface area contributed by atoms with Crippen LogP contribution < -0.4 is 5.32 Å². The molecule has 6 nitrogen and oxygen atoms in total. The lowest BCUT2D eigenvalue weighted by Gasteiger charge is -2.14. The maximum Gasteiger partial charge on any atom is 0.360 e.